The molecule has 3 aromatic carbocycles. The molecule has 0 aromatic heterocycles. The molecule has 0 saturated carbocycles. The zero-order valence-electron chi connectivity index (χ0n) is 14.8. The number of hydrogen-bond donors (Lipinski definition) is 0. The highest BCUT2D eigenvalue weighted by molar-refractivity contribution is 7.80. The van der Waals surface area contributed by atoms with Crippen LogP contribution >= 0.6 is 7.92 Å². The van der Waals surface area contributed by atoms with Crippen molar-refractivity contribution in [2.75, 3.05) is 0 Å². The number of benzene rings is 3. The van der Waals surface area contributed by atoms with Gasteiger partial charge in [0.1, 0.15) is 0 Å². The SMILES string of the molecule is CCCc1ccc(C)c(P(c2ccccc2)c2ccccc2)c1C. The maximum Gasteiger partial charge on any atom is -0.00899 e. The molecule has 122 valence electrons. The van der Waals surface area contributed by atoms with E-state index in [-0.39, 0.29) is 0 Å². The largest absolute Gasteiger partial charge is 0.0651 e. The first-order chi connectivity index (χ1) is 11.7. The molecule has 0 N–H and O–H groups in total. The van der Waals surface area contributed by atoms with Gasteiger partial charge in [0, 0.05) is 0 Å². The van der Waals surface area contributed by atoms with Crippen molar-refractivity contribution < 1.29 is 0 Å². The Bertz CT molecular complexity index is 752. The summed E-state index contributed by atoms with van der Waals surface area (Å²) in [5.41, 5.74) is 4.39. The van der Waals surface area contributed by atoms with Gasteiger partial charge in [-0.05, 0) is 60.8 Å². The lowest BCUT2D eigenvalue weighted by Crippen LogP contribution is -2.25. The minimum absolute atomic E-state index is 0.515. The predicted molar refractivity (Wildman–Crippen MR) is 109 cm³/mol. The van der Waals surface area contributed by atoms with E-state index < -0.39 is 7.92 Å². The van der Waals surface area contributed by atoms with Crippen molar-refractivity contribution in [3.63, 3.8) is 0 Å². The molecule has 0 aliphatic heterocycles. The first-order valence-electron chi connectivity index (χ1n) is 8.71. The fourth-order valence-electron chi connectivity index (χ4n) is 3.32. The summed E-state index contributed by atoms with van der Waals surface area (Å²) >= 11 is 0. The molecule has 0 heterocycles. The average molecular weight is 332 g/mol. The molecule has 0 fully saturated rings. The smallest absolute Gasteiger partial charge is 0.00899 e. The molecule has 0 atom stereocenters. The zero-order valence-corrected chi connectivity index (χ0v) is 15.7. The van der Waals surface area contributed by atoms with Crippen LogP contribution in [0.25, 0.3) is 0 Å². The molecule has 0 aliphatic carbocycles. The summed E-state index contributed by atoms with van der Waals surface area (Å²) in [6, 6.07) is 26.6. The highest BCUT2D eigenvalue weighted by Crippen LogP contribution is 2.36. The Hall–Kier alpha value is -1.91. The summed E-state index contributed by atoms with van der Waals surface area (Å²) in [5.74, 6) is 0. The van der Waals surface area contributed by atoms with Crippen LogP contribution in [0, 0.1) is 13.8 Å². The van der Waals surface area contributed by atoms with Gasteiger partial charge in [-0.3, -0.25) is 0 Å². The van der Waals surface area contributed by atoms with Gasteiger partial charge in [-0.1, -0.05) is 86.1 Å². The summed E-state index contributed by atoms with van der Waals surface area (Å²) in [5, 5.41) is 4.39. The van der Waals surface area contributed by atoms with E-state index in [9.17, 15) is 0 Å². The lowest BCUT2D eigenvalue weighted by Gasteiger charge is -2.25. The molecule has 0 nitrogen and oxygen atoms in total. The molecule has 3 rings (SSSR count). The lowest BCUT2D eigenvalue weighted by molar-refractivity contribution is 0.914. The molecule has 0 aliphatic rings. The fraction of sp³-hybridized carbons (Fsp3) is 0.217. The molecule has 0 saturated heterocycles. The van der Waals surface area contributed by atoms with Crippen LogP contribution in [0.15, 0.2) is 72.8 Å². The summed E-state index contributed by atoms with van der Waals surface area (Å²) in [4.78, 5) is 0. The summed E-state index contributed by atoms with van der Waals surface area (Å²) in [7, 11) is -0.515. The second kappa shape index (κ2) is 7.77. The number of hydrogen-bond acceptors (Lipinski definition) is 0. The predicted octanol–water partition coefficient (Wildman–Crippen LogP) is 5.01. The van der Waals surface area contributed by atoms with E-state index in [1.807, 2.05) is 0 Å². The third-order valence-corrected chi connectivity index (χ3v) is 7.28. The molecular formula is C23H25P. The lowest BCUT2D eigenvalue weighted by atomic mass is 10.0. The van der Waals surface area contributed by atoms with Crippen LogP contribution in [0.5, 0.6) is 0 Å². The molecule has 0 bridgehead atoms. The topological polar surface area (TPSA) is 0 Å². The van der Waals surface area contributed by atoms with Crippen LogP contribution in [0.4, 0.5) is 0 Å². The zero-order chi connectivity index (χ0) is 16.9. The third-order valence-electron chi connectivity index (χ3n) is 4.52. The summed E-state index contributed by atoms with van der Waals surface area (Å²) in [6.07, 6.45) is 2.35. The van der Waals surface area contributed by atoms with Crippen molar-refractivity contribution in [2.45, 2.75) is 33.6 Å². The van der Waals surface area contributed by atoms with Gasteiger partial charge in [0.05, 0.1) is 0 Å². The van der Waals surface area contributed by atoms with E-state index >= 15 is 0 Å². The quantitative estimate of drug-likeness (QED) is 0.576. The van der Waals surface area contributed by atoms with Gasteiger partial charge in [-0.2, -0.15) is 0 Å². The molecular weight excluding hydrogens is 307 g/mol. The standard InChI is InChI=1S/C23H25P/c1-4-11-20-17-16-18(2)23(19(20)3)24(21-12-7-5-8-13-21)22-14-9-6-10-15-22/h5-10,12-17H,4,11H2,1-3H3. The Balaban J connectivity index is 2.22. The Morgan fingerprint density at radius 2 is 1.25 bits per heavy atom. The van der Waals surface area contributed by atoms with Gasteiger partial charge in [0.2, 0.25) is 0 Å². The molecule has 0 amide bonds. The van der Waals surface area contributed by atoms with E-state index in [2.05, 4.69) is 93.6 Å². The third kappa shape index (κ3) is 3.45. The van der Waals surface area contributed by atoms with Crippen molar-refractivity contribution >= 4 is 23.8 Å². The van der Waals surface area contributed by atoms with E-state index in [1.54, 1.807) is 0 Å². The number of aryl methyl sites for hydroxylation is 2. The van der Waals surface area contributed by atoms with Crippen molar-refractivity contribution in [2.24, 2.45) is 0 Å². The van der Waals surface area contributed by atoms with Crippen LogP contribution in [-0.4, -0.2) is 0 Å². The molecule has 3 aromatic rings. The van der Waals surface area contributed by atoms with Gasteiger partial charge < -0.3 is 0 Å². The summed E-state index contributed by atoms with van der Waals surface area (Å²) in [6.45, 7) is 6.84. The first kappa shape index (κ1) is 16.9. The Labute approximate surface area is 147 Å². The van der Waals surface area contributed by atoms with Crippen LogP contribution < -0.4 is 15.9 Å². The highest BCUT2D eigenvalue weighted by atomic mass is 31.1. The van der Waals surface area contributed by atoms with Crippen LogP contribution in [-0.2, 0) is 6.42 Å². The van der Waals surface area contributed by atoms with E-state index in [0.29, 0.717) is 0 Å². The van der Waals surface area contributed by atoms with Crippen molar-refractivity contribution in [1.82, 2.24) is 0 Å². The monoisotopic (exact) mass is 332 g/mol. The van der Waals surface area contributed by atoms with Gasteiger partial charge in [0.25, 0.3) is 0 Å². The second-order valence-electron chi connectivity index (χ2n) is 6.27. The summed E-state index contributed by atoms with van der Waals surface area (Å²) < 4.78 is 0. The first-order valence-corrected chi connectivity index (χ1v) is 10.1. The molecule has 0 radical (unpaired) electrons. The van der Waals surface area contributed by atoms with Crippen molar-refractivity contribution in [3.8, 4) is 0 Å². The van der Waals surface area contributed by atoms with Crippen LogP contribution in [0.2, 0.25) is 0 Å². The second-order valence-corrected chi connectivity index (χ2v) is 8.42. The van der Waals surface area contributed by atoms with E-state index in [1.165, 1.54) is 39.0 Å². The average Bonchev–Trinajstić information content (AvgIpc) is 2.62. The molecule has 1 heteroatoms. The maximum atomic E-state index is 2.32. The Kier molecular flexibility index (Phi) is 5.48. The van der Waals surface area contributed by atoms with E-state index in [4.69, 9.17) is 0 Å². The van der Waals surface area contributed by atoms with Gasteiger partial charge in [-0.15, -0.1) is 0 Å². The van der Waals surface area contributed by atoms with Crippen LogP contribution in [0.1, 0.15) is 30.0 Å². The van der Waals surface area contributed by atoms with Crippen molar-refractivity contribution in [1.29, 1.82) is 0 Å². The van der Waals surface area contributed by atoms with Crippen molar-refractivity contribution in [3.05, 3.63) is 89.5 Å². The van der Waals surface area contributed by atoms with E-state index in [0.717, 1.165) is 6.42 Å². The van der Waals surface area contributed by atoms with Gasteiger partial charge >= 0.3 is 0 Å². The normalized spacial score (nSPS) is 11.0. The maximum absolute atomic E-state index is 2.32. The fourth-order valence-corrected chi connectivity index (χ4v) is 5.98. The number of rotatable bonds is 5. The molecule has 0 unspecified atom stereocenters. The minimum Gasteiger partial charge on any atom is -0.0651 e. The molecule has 0 spiro atoms. The minimum atomic E-state index is -0.515. The van der Waals surface area contributed by atoms with Crippen LogP contribution in [0.3, 0.4) is 0 Å². The molecule has 24 heavy (non-hydrogen) atoms. The van der Waals surface area contributed by atoms with Gasteiger partial charge in [-0.25, -0.2) is 0 Å². The Morgan fingerprint density at radius 1 is 0.708 bits per heavy atom. The Morgan fingerprint density at radius 3 is 1.75 bits per heavy atom. The highest BCUT2D eigenvalue weighted by Gasteiger charge is 2.21. The van der Waals surface area contributed by atoms with Gasteiger partial charge in [0.15, 0.2) is 0 Å².